The molecule has 1 unspecified atom stereocenters. The van der Waals surface area contributed by atoms with Gasteiger partial charge in [0.25, 0.3) is 0 Å². The summed E-state index contributed by atoms with van der Waals surface area (Å²) in [5.74, 6) is 0.364. The Morgan fingerprint density at radius 3 is 2.37 bits per heavy atom. The summed E-state index contributed by atoms with van der Waals surface area (Å²) >= 11 is 0. The van der Waals surface area contributed by atoms with Gasteiger partial charge >= 0.3 is 0 Å². The SMILES string of the molecule is CN(C)C1(c2ccccc2)CCC(C(O)Cn2ccc3ccccc32)CC1. The molecule has 1 aliphatic rings. The molecule has 2 aromatic carbocycles. The zero-order chi connectivity index (χ0) is 18.9. The molecule has 1 aliphatic carbocycles. The molecule has 3 heteroatoms. The van der Waals surface area contributed by atoms with E-state index in [1.165, 1.54) is 16.5 Å². The van der Waals surface area contributed by atoms with Gasteiger partial charge in [-0.1, -0.05) is 48.5 Å². The number of aliphatic hydroxyl groups excluding tert-OH is 1. The van der Waals surface area contributed by atoms with Gasteiger partial charge in [-0.3, -0.25) is 4.90 Å². The molecule has 3 aromatic rings. The maximum absolute atomic E-state index is 11.0. The minimum absolute atomic E-state index is 0.0949. The number of hydrogen-bond donors (Lipinski definition) is 1. The van der Waals surface area contributed by atoms with E-state index in [1.54, 1.807) is 0 Å². The first-order valence-corrected chi connectivity index (χ1v) is 10.0. The topological polar surface area (TPSA) is 28.4 Å². The Bertz CT molecular complexity index is 876. The van der Waals surface area contributed by atoms with Crippen molar-refractivity contribution in [3.63, 3.8) is 0 Å². The van der Waals surface area contributed by atoms with Crippen LogP contribution in [-0.4, -0.2) is 34.8 Å². The first kappa shape index (κ1) is 18.3. The molecule has 1 atom stereocenters. The summed E-state index contributed by atoms with van der Waals surface area (Å²) in [4.78, 5) is 2.38. The van der Waals surface area contributed by atoms with Gasteiger partial charge in [-0.2, -0.15) is 0 Å². The molecular weight excluding hydrogens is 332 g/mol. The standard InChI is InChI=1S/C24H30N2O/c1-25(2)24(21-9-4-3-5-10-21)15-12-20(13-16-24)23(27)18-26-17-14-19-8-6-7-11-22(19)26/h3-11,14,17,20,23,27H,12-13,15-16,18H2,1-2H3. The van der Waals surface area contributed by atoms with Crippen LogP contribution < -0.4 is 0 Å². The largest absolute Gasteiger partial charge is 0.391 e. The molecule has 1 fully saturated rings. The first-order valence-electron chi connectivity index (χ1n) is 10.0. The van der Waals surface area contributed by atoms with Crippen molar-refractivity contribution in [2.24, 2.45) is 5.92 Å². The highest BCUT2D eigenvalue weighted by Crippen LogP contribution is 2.44. The summed E-state index contributed by atoms with van der Waals surface area (Å²) in [7, 11) is 4.38. The van der Waals surface area contributed by atoms with Gasteiger partial charge < -0.3 is 9.67 Å². The molecule has 142 valence electrons. The fourth-order valence-corrected chi connectivity index (χ4v) is 4.90. The molecule has 1 N–H and O–H groups in total. The Labute approximate surface area is 162 Å². The van der Waals surface area contributed by atoms with Crippen LogP contribution in [0, 0.1) is 5.92 Å². The summed E-state index contributed by atoms with van der Waals surface area (Å²) in [5.41, 5.74) is 2.70. The quantitative estimate of drug-likeness (QED) is 0.716. The molecule has 27 heavy (non-hydrogen) atoms. The predicted molar refractivity (Wildman–Crippen MR) is 112 cm³/mol. The third-order valence-corrected chi connectivity index (χ3v) is 6.63. The second kappa shape index (κ2) is 7.49. The molecule has 0 aliphatic heterocycles. The molecule has 1 saturated carbocycles. The zero-order valence-electron chi connectivity index (χ0n) is 16.4. The van der Waals surface area contributed by atoms with Crippen LogP contribution in [0.3, 0.4) is 0 Å². The maximum atomic E-state index is 11.0. The summed E-state index contributed by atoms with van der Waals surface area (Å²) in [6, 6.07) is 21.4. The summed E-state index contributed by atoms with van der Waals surface area (Å²) in [6.07, 6.45) is 6.12. The van der Waals surface area contributed by atoms with Gasteiger partial charge in [-0.25, -0.2) is 0 Å². The summed E-state index contributed by atoms with van der Waals surface area (Å²) in [5, 5.41) is 12.2. The molecular formula is C24H30N2O. The zero-order valence-corrected chi connectivity index (χ0v) is 16.4. The molecule has 0 bridgehead atoms. The van der Waals surface area contributed by atoms with Crippen molar-refractivity contribution in [3.8, 4) is 0 Å². The van der Waals surface area contributed by atoms with Gasteiger partial charge in [0, 0.05) is 23.8 Å². The van der Waals surface area contributed by atoms with Crippen LogP contribution in [0.25, 0.3) is 10.9 Å². The van der Waals surface area contributed by atoms with E-state index in [4.69, 9.17) is 0 Å². The molecule has 0 radical (unpaired) electrons. The minimum atomic E-state index is -0.295. The number of rotatable bonds is 5. The van der Waals surface area contributed by atoms with Crippen molar-refractivity contribution in [1.29, 1.82) is 0 Å². The van der Waals surface area contributed by atoms with Crippen molar-refractivity contribution < 1.29 is 5.11 Å². The highest BCUT2D eigenvalue weighted by atomic mass is 16.3. The number of fused-ring (bicyclic) bond motifs is 1. The van der Waals surface area contributed by atoms with Gasteiger partial charge in [0.15, 0.2) is 0 Å². The maximum Gasteiger partial charge on any atom is 0.0747 e. The van der Waals surface area contributed by atoms with Crippen LogP contribution in [0.4, 0.5) is 0 Å². The van der Waals surface area contributed by atoms with Crippen LogP contribution >= 0.6 is 0 Å². The van der Waals surface area contributed by atoms with E-state index in [0.29, 0.717) is 12.5 Å². The van der Waals surface area contributed by atoms with Crippen LogP contribution in [0.5, 0.6) is 0 Å². The fourth-order valence-electron chi connectivity index (χ4n) is 4.90. The molecule has 3 nitrogen and oxygen atoms in total. The van der Waals surface area contributed by atoms with Gasteiger partial charge in [-0.15, -0.1) is 0 Å². The highest BCUT2D eigenvalue weighted by Gasteiger charge is 2.40. The van der Waals surface area contributed by atoms with E-state index >= 15 is 0 Å². The lowest BCUT2D eigenvalue weighted by molar-refractivity contribution is 0.0169. The lowest BCUT2D eigenvalue weighted by Crippen LogP contribution is -2.46. The third-order valence-electron chi connectivity index (χ3n) is 6.63. The Hall–Kier alpha value is -2.10. The van der Waals surface area contributed by atoms with Crippen LogP contribution in [-0.2, 0) is 12.1 Å². The van der Waals surface area contributed by atoms with Crippen LogP contribution in [0.2, 0.25) is 0 Å². The lowest BCUT2D eigenvalue weighted by Gasteiger charge is -2.46. The molecule has 1 heterocycles. The Morgan fingerprint density at radius 2 is 1.67 bits per heavy atom. The van der Waals surface area contributed by atoms with E-state index in [-0.39, 0.29) is 11.6 Å². The molecule has 1 aromatic heterocycles. The summed E-state index contributed by atoms with van der Waals surface area (Å²) in [6.45, 7) is 0.679. The van der Waals surface area contributed by atoms with Crippen LogP contribution in [0.15, 0.2) is 66.9 Å². The Kier molecular flexibility index (Phi) is 5.07. The fraction of sp³-hybridized carbons (Fsp3) is 0.417. The van der Waals surface area contributed by atoms with Gasteiger partial charge in [0.1, 0.15) is 0 Å². The second-order valence-electron chi connectivity index (χ2n) is 8.22. The van der Waals surface area contributed by atoms with E-state index in [9.17, 15) is 5.11 Å². The number of hydrogen-bond acceptors (Lipinski definition) is 2. The predicted octanol–water partition coefficient (Wildman–Crippen LogP) is 4.65. The first-order chi connectivity index (χ1) is 13.1. The molecule has 0 amide bonds. The number of benzene rings is 2. The van der Waals surface area contributed by atoms with Crippen LogP contribution in [0.1, 0.15) is 31.2 Å². The Balaban J connectivity index is 1.46. The molecule has 0 spiro atoms. The third kappa shape index (κ3) is 3.42. The van der Waals surface area contributed by atoms with Crippen molar-refractivity contribution in [1.82, 2.24) is 9.47 Å². The molecule has 4 rings (SSSR count). The summed E-state index contributed by atoms with van der Waals surface area (Å²) < 4.78 is 2.20. The van der Waals surface area contributed by atoms with Crippen molar-refractivity contribution in [2.45, 2.75) is 43.9 Å². The highest BCUT2D eigenvalue weighted by molar-refractivity contribution is 5.79. The molecule has 0 saturated heterocycles. The Morgan fingerprint density at radius 1 is 1.00 bits per heavy atom. The normalized spacial score (nSPS) is 24.4. The second-order valence-corrected chi connectivity index (χ2v) is 8.22. The minimum Gasteiger partial charge on any atom is -0.391 e. The smallest absolute Gasteiger partial charge is 0.0747 e. The monoisotopic (exact) mass is 362 g/mol. The van der Waals surface area contributed by atoms with Gasteiger partial charge in [0.05, 0.1) is 6.10 Å². The number of aliphatic hydroxyl groups is 1. The van der Waals surface area contributed by atoms with Gasteiger partial charge in [-0.05, 0) is 68.8 Å². The average Bonchev–Trinajstić information content (AvgIpc) is 3.11. The number of nitrogens with zero attached hydrogens (tertiary/aromatic N) is 2. The lowest BCUT2D eigenvalue weighted by atomic mass is 9.70. The number of para-hydroxylation sites is 1. The van der Waals surface area contributed by atoms with Gasteiger partial charge in [0.2, 0.25) is 0 Å². The van der Waals surface area contributed by atoms with E-state index in [2.05, 4.69) is 90.4 Å². The number of aromatic nitrogens is 1. The van der Waals surface area contributed by atoms with Crippen molar-refractivity contribution in [2.75, 3.05) is 14.1 Å². The van der Waals surface area contributed by atoms with E-state index < -0.39 is 0 Å². The van der Waals surface area contributed by atoms with Crippen molar-refractivity contribution >= 4 is 10.9 Å². The average molecular weight is 363 g/mol. The van der Waals surface area contributed by atoms with E-state index in [0.717, 1.165) is 25.7 Å². The van der Waals surface area contributed by atoms with Crippen molar-refractivity contribution in [3.05, 3.63) is 72.4 Å². The van der Waals surface area contributed by atoms with E-state index in [1.807, 2.05) is 0 Å².